The van der Waals surface area contributed by atoms with E-state index < -0.39 is 18.1 Å². The third-order valence-electron chi connectivity index (χ3n) is 5.43. The second kappa shape index (κ2) is 10.3. The standard InChI is InChI=1S/C23H21N5O3S3/c24-18-21(29)28-19(16(12-32-22(18)28)33-13-34-17-11-25-27-26-17)23(30)31-20(14-7-3-1-4-8-14)15-9-5-2-6-10-15/h1-11,18,20,22H,12-13,24H2,(H,25,26,27)/t18-,22+/m1/s1. The smallest absolute Gasteiger partial charge is 0.356 e. The highest BCUT2D eigenvalue weighted by atomic mass is 32.2. The number of nitrogens with zero attached hydrogens (tertiary/aromatic N) is 3. The lowest BCUT2D eigenvalue weighted by Gasteiger charge is -2.48. The van der Waals surface area contributed by atoms with E-state index in [0.717, 1.165) is 21.1 Å². The zero-order valence-electron chi connectivity index (χ0n) is 17.9. The van der Waals surface area contributed by atoms with Gasteiger partial charge in [0.2, 0.25) is 5.91 Å². The molecule has 8 nitrogen and oxygen atoms in total. The Morgan fingerprint density at radius 2 is 1.82 bits per heavy atom. The maximum Gasteiger partial charge on any atom is 0.356 e. The second-order valence-electron chi connectivity index (χ2n) is 7.53. The highest BCUT2D eigenvalue weighted by Gasteiger charge is 2.52. The number of H-pyrrole nitrogens is 1. The van der Waals surface area contributed by atoms with Crippen LogP contribution in [0.3, 0.4) is 0 Å². The maximum absolute atomic E-state index is 13.6. The average molecular weight is 512 g/mol. The third-order valence-corrected chi connectivity index (χ3v) is 9.04. The summed E-state index contributed by atoms with van der Waals surface area (Å²) in [5.41, 5.74) is 8.01. The lowest BCUT2D eigenvalue weighted by atomic mass is 10.0. The lowest BCUT2D eigenvalue weighted by molar-refractivity contribution is -0.152. The molecule has 2 aromatic carbocycles. The van der Waals surface area contributed by atoms with Crippen molar-refractivity contribution in [3.8, 4) is 0 Å². The quantitative estimate of drug-likeness (QED) is 0.203. The van der Waals surface area contributed by atoms with Crippen molar-refractivity contribution in [1.82, 2.24) is 20.3 Å². The van der Waals surface area contributed by atoms with Gasteiger partial charge in [-0.25, -0.2) is 4.79 Å². The largest absolute Gasteiger partial charge is 0.448 e. The molecule has 0 saturated carbocycles. The Kier molecular flexibility index (Phi) is 6.95. The van der Waals surface area contributed by atoms with E-state index in [1.54, 1.807) is 18.0 Å². The van der Waals surface area contributed by atoms with E-state index in [2.05, 4.69) is 15.4 Å². The van der Waals surface area contributed by atoms with Gasteiger partial charge < -0.3 is 10.5 Å². The second-order valence-corrected chi connectivity index (χ2v) is 11.1. The number of esters is 1. The van der Waals surface area contributed by atoms with Crippen molar-refractivity contribution in [2.45, 2.75) is 22.5 Å². The Bertz CT molecular complexity index is 1150. The summed E-state index contributed by atoms with van der Waals surface area (Å²) in [4.78, 5) is 28.6. The van der Waals surface area contributed by atoms with Gasteiger partial charge in [0.15, 0.2) is 6.10 Å². The van der Waals surface area contributed by atoms with Gasteiger partial charge in [-0.3, -0.25) is 14.8 Å². The number of fused-ring (bicyclic) bond motifs is 1. The highest BCUT2D eigenvalue weighted by molar-refractivity contribution is 8.18. The minimum Gasteiger partial charge on any atom is -0.448 e. The molecule has 1 saturated heterocycles. The number of ether oxygens (including phenoxy) is 1. The van der Waals surface area contributed by atoms with Gasteiger partial charge in [-0.2, -0.15) is 0 Å². The van der Waals surface area contributed by atoms with Crippen LogP contribution in [0.5, 0.6) is 0 Å². The van der Waals surface area contributed by atoms with Crippen LogP contribution < -0.4 is 5.73 Å². The van der Waals surface area contributed by atoms with Crippen LogP contribution in [0.15, 0.2) is 82.5 Å². The van der Waals surface area contributed by atoms with E-state index in [9.17, 15) is 9.59 Å². The Morgan fingerprint density at radius 3 is 2.44 bits per heavy atom. The third kappa shape index (κ3) is 4.61. The molecule has 2 aliphatic rings. The molecule has 0 spiro atoms. The molecule has 3 N–H and O–H groups in total. The van der Waals surface area contributed by atoms with Crippen LogP contribution in [0.2, 0.25) is 0 Å². The fourth-order valence-corrected chi connectivity index (χ4v) is 7.28. The van der Waals surface area contributed by atoms with Crippen molar-refractivity contribution in [1.29, 1.82) is 0 Å². The van der Waals surface area contributed by atoms with E-state index in [0.29, 0.717) is 10.8 Å². The summed E-state index contributed by atoms with van der Waals surface area (Å²) < 4.78 is 6.09. The van der Waals surface area contributed by atoms with Crippen molar-refractivity contribution < 1.29 is 14.3 Å². The number of nitrogens with one attached hydrogen (secondary N) is 1. The summed E-state index contributed by atoms with van der Waals surface area (Å²) in [7, 11) is 0. The van der Waals surface area contributed by atoms with Crippen LogP contribution in [-0.4, -0.2) is 54.4 Å². The van der Waals surface area contributed by atoms with Gasteiger partial charge in [-0.1, -0.05) is 77.6 Å². The number of nitrogens with two attached hydrogens (primary N) is 1. The number of carbonyl (C=O) groups is 2. The van der Waals surface area contributed by atoms with Crippen molar-refractivity contribution >= 4 is 47.2 Å². The molecule has 0 unspecified atom stereocenters. The lowest BCUT2D eigenvalue weighted by Crippen LogP contribution is -2.68. The molecule has 2 atom stereocenters. The highest BCUT2D eigenvalue weighted by Crippen LogP contribution is 2.44. The molecule has 0 aliphatic carbocycles. The van der Waals surface area contributed by atoms with Crippen molar-refractivity contribution in [2.75, 3.05) is 10.8 Å². The summed E-state index contributed by atoms with van der Waals surface area (Å²) in [5, 5.41) is 11.5. The number of hydrogen-bond donors (Lipinski definition) is 2. The minimum absolute atomic E-state index is 0.255. The van der Waals surface area contributed by atoms with Gasteiger partial charge in [0.05, 0.1) is 11.3 Å². The Morgan fingerprint density at radius 1 is 1.15 bits per heavy atom. The molecule has 1 fully saturated rings. The molecule has 2 aliphatic heterocycles. The zero-order valence-corrected chi connectivity index (χ0v) is 20.3. The van der Waals surface area contributed by atoms with Crippen LogP contribution in [0.4, 0.5) is 0 Å². The van der Waals surface area contributed by atoms with Crippen LogP contribution in [0, 0.1) is 0 Å². The number of hydrogen-bond acceptors (Lipinski definition) is 9. The molecule has 11 heteroatoms. The molecule has 0 bridgehead atoms. The van der Waals surface area contributed by atoms with Crippen LogP contribution in [0.25, 0.3) is 0 Å². The number of carbonyl (C=O) groups excluding carboxylic acids is 2. The predicted octanol–water partition coefficient (Wildman–Crippen LogP) is 3.37. The number of aromatic amines is 1. The topological polar surface area (TPSA) is 114 Å². The van der Waals surface area contributed by atoms with E-state index in [4.69, 9.17) is 10.5 Å². The number of aromatic nitrogens is 3. The van der Waals surface area contributed by atoms with Gasteiger partial charge in [0.25, 0.3) is 0 Å². The van der Waals surface area contributed by atoms with E-state index >= 15 is 0 Å². The summed E-state index contributed by atoms with van der Waals surface area (Å²) in [6.07, 6.45) is 1.11. The number of amides is 1. The van der Waals surface area contributed by atoms with Crippen molar-refractivity contribution in [3.05, 3.63) is 88.6 Å². The predicted molar refractivity (Wildman–Crippen MR) is 134 cm³/mol. The molecule has 174 valence electrons. The molecule has 1 amide bonds. The minimum atomic E-state index is -0.608. The van der Waals surface area contributed by atoms with E-state index in [-0.39, 0.29) is 17.0 Å². The first kappa shape index (κ1) is 23.0. The summed E-state index contributed by atoms with van der Waals surface area (Å²) in [5.74, 6) is -0.211. The SMILES string of the molecule is N[C@@H]1C(=O)N2C(C(=O)OC(c3ccccc3)c3ccccc3)=C(SCSc3c[nH]nn3)CS[C@@H]12. The van der Waals surface area contributed by atoms with E-state index in [1.165, 1.54) is 28.4 Å². The number of β-lactam (4-membered cyclic amide) rings is 1. The molecular formula is C23H21N5O3S3. The fraction of sp³-hybridized carbons (Fsp3) is 0.217. The van der Waals surface area contributed by atoms with Crippen molar-refractivity contribution in [3.63, 3.8) is 0 Å². The number of benzene rings is 2. The van der Waals surface area contributed by atoms with Crippen LogP contribution in [0.1, 0.15) is 17.2 Å². The van der Waals surface area contributed by atoms with Gasteiger partial charge in [-0.05, 0) is 11.1 Å². The average Bonchev–Trinajstić information content (AvgIpc) is 3.41. The van der Waals surface area contributed by atoms with Gasteiger partial charge in [-0.15, -0.1) is 28.6 Å². The molecule has 0 radical (unpaired) electrons. The normalized spacial score (nSPS) is 19.7. The van der Waals surface area contributed by atoms with E-state index in [1.807, 2.05) is 60.7 Å². The molecule has 3 aromatic rings. The van der Waals surface area contributed by atoms with Crippen LogP contribution in [-0.2, 0) is 14.3 Å². The number of thioether (sulfide) groups is 3. The molecular weight excluding hydrogens is 490 g/mol. The van der Waals surface area contributed by atoms with Gasteiger partial charge in [0, 0.05) is 10.7 Å². The Labute approximate surface area is 209 Å². The zero-order chi connectivity index (χ0) is 23.5. The van der Waals surface area contributed by atoms with Crippen molar-refractivity contribution in [2.24, 2.45) is 5.73 Å². The Balaban J connectivity index is 1.43. The van der Waals surface area contributed by atoms with Gasteiger partial charge in [0.1, 0.15) is 22.1 Å². The Hall–Kier alpha value is -2.73. The molecule has 3 heterocycles. The molecule has 1 aromatic heterocycles. The maximum atomic E-state index is 13.6. The van der Waals surface area contributed by atoms with Gasteiger partial charge >= 0.3 is 5.97 Å². The van der Waals surface area contributed by atoms with Crippen LogP contribution >= 0.6 is 35.3 Å². The first-order valence-electron chi connectivity index (χ1n) is 10.5. The molecule has 5 rings (SSSR count). The summed E-state index contributed by atoms with van der Waals surface area (Å²) >= 11 is 4.56. The summed E-state index contributed by atoms with van der Waals surface area (Å²) in [6, 6.07) is 18.6. The monoisotopic (exact) mass is 511 g/mol. The number of rotatable bonds is 8. The molecule has 34 heavy (non-hydrogen) atoms. The first-order valence-corrected chi connectivity index (χ1v) is 13.5. The fourth-order valence-electron chi connectivity index (χ4n) is 3.76. The first-order chi connectivity index (χ1) is 16.6. The summed E-state index contributed by atoms with van der Waals surface area (Å²) in [6.45, 7) is 0.